The zero-order valence-electron chi connectivity index (χ0n) is 12.2. The minimum Gasteiger partial charge on any atom is -0.324 e. The van der Waals surface area contributed by atoms with E-state index in [0.717, 1.165) is 11.8 Å². The third-order valence-corrected chi connectivity index (χ3v) is 5.45. The molecule has 3 rings (SSSR count). The Balaban J connectivity index is 1.85. The first-order valence-corrected chi connectivity index (χ1v) is 7.83. The van der Waals surface area contributed by atoms with Crippen molar-refractivity contribution in [3.63, 3.8) is 0 Å². The lowest BCUT2D eigenvalue weighted by Gasteiger charge is -2.43. The van der Waals surface area contributed by atoms with Gasteiger partial charge >= 0.3 is 0 Å². The van der Waals surface area contributed by atoms with E-state index in [0.29, 0.717) is 5.92 Å². The Morgan fingerprint density at radius 1 is 1.37 bits per heavy atom. The maximum absolute atomic E-state index is 6.87. The minimum atomic E-state index is -0.00715. The zero-order valence-corrected chi connectivity index (χ0v) is 12.2. The van der Waals surface area contributed by atoms with Crippen LogP contribution in [0, 0.1) is 11.8 Å². The number of hydrogen-bond donors (Lipinski definition) is 1. The standard InChI is InChI=1S/C17H26N2/c1-12(2)14-5-3-9-17(18,11-14)15-8-7-13-6-4-10-19-16(13)15/h4,6,10,12,14-15H,3,5,7-9,11,18H2,1-2H3. The summed E-state index contributed by atoms with van der Waals surface area (Å²) in [5.74, 6) is 2.05. The van der Waals surface area contributed by atoms with Crippen LogP contribution in [0.5, 0.6) is 0 Å². The average Bonchev–Trinajstić information content (AvgIpc) is 2.83. The molecule has 2 aliphatic carbocycles. The summed E-state index contributed by atoms with van der Waals surface area (Å²) in [7, 11) is 0. The van der Waals surface area contributed by atoms with Gasteiger partial charge in [0, 0.05) is 23.3 Å². The van der Waals surface area contributed by atoms with E-state index < -0.39 is 0 Å². The fourth-order valence-corrected chi connectivity index (χ4v) is 4.24. The summed E-state index contributed by atoms with van der Waals surface area (Å²) in [6.07, 6.45) is 9.31. The molecule has 1 saturated carbocycles. The van der Waals surface area contributed by atoms with Gasteiger partial charge in [-0.05, 0) is 49.1 Å². The predicted molar refractivity (Wildman–Crippen MR) is 79.0 cm³/mol. The molecule has 0 spiro atoms. The van der Waals surface area contributed by atoms with E-state index in [1.807, 2.05) is 6.20 Å². The van der Waals surface area contributed by atoms with Gasteiger partial charge in [0.05, 0.1) is 0 Å². The molecule has 1 aromatic rings. The Morgan fingerprint density at radius 3 is 3.00 bits per heavy atom. The van der Waals surface area contributed by atoms with Gasteiger partial charge in [-0.1, -0.05) is 32.8 Å². The van der Waals surface area contributed by atoms with Crippen LogP contribution in [0.3, 0.4) is 0 Å². The van der Waals surface area contributed by atoms with Gasteiger partial charge in [0.15, 0.2) is 0 Å². The summed E-state index contributed by atoms with van der Waals surface area (Å²) in [6, 6.07) is 4.29. The quantitative estimate of drug-likeness (QED) is 0.879. The number of rotatable bonds is 2. The second kappa shape index (κ2) is 4.90. The summed E-state index contributed by atoms with van der Waals surface area (Å²) in [5.41, 5.74) is 9.59. The van der Waals surface area contributed by atoms with Gasteiger partial charge in [-0.3, -0.25) is 4.98 Å². The maximum atomic E-state index is 6.87. The van der Waals surface area contributed by atoms with Gasteiger partial charge in [-0.15, -0.1) is 0 Å². The Bertz CT molecular complexity index is 454. The SMILES string of the molecule is CC(C)C1CCCC(N)(C2CCc3cccnc32)C1. The highest BCUT2D eigenvalue weighted by Crippen LogP contribution is 2.47. The lowest BCUT2D eigenvalue weighted by atomic mass is 9.66. The average molecular weight is 258 g/mol. The second-order valence-electron chi connectivity index (χ2n) is 6.97. The summed E-state index contributed by atoms with van der Waals surface area (Å²) in [4.78, 5) is 4.65. The van der Waals surface area contributed by atoms with E-state index in [2.05, 4.69) is 31.0 Å². The molecular weight excluding hydrogens is 232 g/mol. The molecule has 2 aliphatic rings. The first-order valence-electron chi connectivity index (χ1n) is 7.83. The molecule has 3 unspecified atom stereocenters. The maximum Gasteiger partial charge on any atom is 0.0484 e. The van der Waals surface area contributed by atoms with Crippen molar-refractivity contribution in [2.75, 3.05) is 0 Å². The normalized spacial score (nSPS) is 34.5. The molecule has 0 radical (unpaired) electrons. The lowest BCUT2D eigenvalue weighted by Crippen LogP contribution is -2.49. The molecule has 19 heavy (non-hydrogen) atoms. The molecule has 0 aromatic carbocycles. The highest BCUT2D eigenvalue weighted by molar-refractivity contribution is 5.32. The van der Waals surface area contributed by atoms with Gasteiger partial charge in [-0.25, -0.2) is 0 Å². The third kappa shape index (κ3) is 2.31. The fourth-order valence-electron chi connectivity index (χ4n) is 4.24. The molecule has 104 valence electrons. The zero-order chi connectivity index (χ0) is 13.5. The monoisotopic (exact) mass is 258 g/mol. The number of fused-ring (bicyclic) bond motifs is 1. The van der Waals surface area contributed by atoms with Crippen molar-refractivity contribution in [3.8, 4) is 0 Å². The number of nitrogens with zero attached hydrogens (tertiary/aromatic N) is 1. The van der Waals surface area contributed by atoms with Gasteiger partial charge in [0.2, 0.25) is 0 Å². The van der Waals surface area contributed by atoms with Crippen LogP contribution in [-0.4, -0.2) is 10.5 Å². The largest absolute Gasteiger partial charge is 0.324 e. The van der Waals surface area contributed by atoms with Crippen molar-refractivity contribution in [2.24, 2.45) is 17.6 Å². The highest BCUT2D eigenvalue weighted by Gasteiger charge is 2.43. The Kier molecular flexibility index (Phi) is 3.38. The van der Waals surface area contributed by atoms with E-state index in [-0.39, 0.29) is 5.54 Å². The smallest absolute Gasteiger partial charge is 0.0484 e. The van der Waals surface area contributed by atoms with Crippen LogP contribution in [0.4, 0.5) is 0 Å². The van der Waals surface area contributed by atoms with Crippen LogP contribution in [-0.2, 0) is 6.42 Å². The molecule has 2 nitrogen and oxygen atoms in total. The second-order valence-corrected chi connectivity index (χ2v) is 6.97. The highest BCUT2D eigenvalue weighted by atomic mass is 14.8. The molecule has 1 aromatic heterocycles. The van der Waals surface area contributed by atoms with Crippen LogP contribution in [0.1, 0.15) is 63.1 Å². The number of aromatic nitrogens is 1. The summed E-state index contributed by atoms with van der Waals surface area (Å²) >= 11 is 0. The molecular formula is C17H26N2. The number of nitrogens with two attached hydrogens (primary N) is 1. The van der Waals surface area contributed by atoms with E-state index in [9.17, 15) is 0 Å². The molecule has 1 fully saturated rings. The molecule has 0 aliphatic heterocycles. The molecule has 1 heterocycles. The van der Waals surface area contributed by atoms with Gasteiger partial charge in [0.1, 0.15) is 0 Å². The molecule has 0 saturated heterocycles. The lowest BCUT2D eigenvalue weighted by molar-refractivity contribution is 0.156. The Hall–Kier alpha value is -0.890. The van der Waals surface area contributed by atoms with Crippen molar-refractivity contribution in [1.82, 2.24) is 4.98 Å². The predicted octanol–water partition coefficient (Wildman–Crippen LogP) is 3.66. The molecule has 2 heteroatoms. The van der Waals surface area contributed by atoms with Crippen LogP contribution in [0.15, 0.2) is 18.3 Å². The number of pyridine rings is 1. The van der Waals surface area contributed by atoms with Crippen LogP contribution in [0.2, 0.25) is 0 Å². The van der Waals surface area contributed by atoms with Crippen LogP contribution in [0.25, 0.3) is 0 Å². The third-order valence-electron chi connectivity index (χ3n) is 5.45. The minimum absolute atomic E-state index is 0.00715. The Labute approximate surface area is 116 Å². The molecule has 3 atom stereocenters. The van der Waals surface area contributed by atoms with E-state index in [4.69, 9.17) is 5.73 Å². The number of aryl methyl sites for hydroxylation is 1. The fraction of sp³-hybridized carbons (Fsp3) is 0.706. The van der Waals surface area contributed by atoms with E-state index in [1.54, 1.807) is 0 Å². The van der Waals surface area contributed by atoms with Crippen molar-refractivity contribution in [1.29, 1.82) is 0 Å². The Morgan fingerprint density at radius 2 is 2.21 bits per heavy atom. The van der Waals surface area contributed by atoms with Gasteiger partial charge in [-0.2, -0.15) is 0 Å². The first-order chi connectivity index (χ1) is 9.10. The number of hydrogen-bond acceptors (Lipinski definition) is 2. The summed E-state index contributed by atoms with van der Waals surface area (Å²) < 4.78 is 0. The summed E-state index contributed by atoms with van der Waals surface area (Å²) in [5, 5.41) is 0. The van der Waals surface area contributed by atoms with Gasteiger partial charge in [0.25, 0.3) is 0 Å². The summed E-state index contributed by atoms with van der Waals surface area (Å²) in [6.45, 7) is 4.69. The van der Waals surface area contributed by atoms with Gasteiger partial charge < -0.3 is 5.73 Å². The molecule has 0 amide bonds. The first kappa shape index (κ1) is 13.1. The van der Waals surface area contributed by atoms with Crippen LogP contribution >= 0.6 is 0 Å². The van der Waals surface area contributed by atoms with E-state index >= 15 is 0 Å². The van der Waals surface area contributed by atoms with Crippen molar-refractivity contribution >= 4 is 0 Å². The topological polar surface area (TPSA) is 38.9 Å². The van der Waals surface area contributed by atoms with Crippen molar-refractivity contribution in [2.45, 2.75) is 63.8 Å². The van der Waals surface area contributed by atoms with Crippen molar-refractivity contribution < 1.29 is 0 Å². The van der Waals surface area contributed by atoms with Crippen LogP contribution < -0.4 is 5.73 Å². The molecule has 0 bridgehead atoms. The van der Waals surface area contributed by atoms with Crippen molar-refractivity contribution in [3.05, 3.63) is 29.6 Å². The molecule has 2 N–H and O–H groups in total. The van der Waals surface area contributed by atoms with E-state index in [1.165, 1.54) is 49.8 Å².